The van der Waals surface area contributed by atoms with Crippen molar-refractivity contribution >= 4 is 0 Å². The third-order valence-corrected chi connectivity index (χ3v) is 4.25. The first-order valence-corrected chi connectivity index (χ1v) is 7.53. The molecule has 2 rings (SSSR count). The summed E-state index contributed by atoms with van der Waals surface area (Å²) in [6, 6.07) is 3.78. The number of ether oxygens (including phenoxy) is 1. The standard InChI is InChI=1S/C17H23F2NO/c1-3-21-11(2)9-12-7-8-16(20)13(10-12)17-14(18)5-4-6-15(17)19/h4-6,12-13,16H,2-3,7-10,20H2,1H3/t12-,13+,16+/m0/s1. The number of benzene rings is 1. The Hall–Kier alpha value is -1.42. The van der Waals surface area contributed by atoms with Gasteiger partial charge in [-0.25, -0.2) is 8.78 Å². The van der Waals surface area contributed by atoms with Crippen molar-refractivity contribution in [1.29, 1.82) is 0 Å². The highest BCUT2D eigenvalue weighted by atomic mass is 19.1. The molecule has 1 aliphatic carbocycles. The topological polar surface area (TPSA) is 35.2 Å². The van der Waals surface area contributed by atoms with Crippen molar-refractivity contribution in [3.05, 3.63) is 47.7 Å². The highest BCUT2D eigenvalue weighted by Gasteiger charge is 2.33. The molecule has 0 bridgehead atoms. The summed E-state index contributed by atoms with van der Waals surface area (Å²) >= 11 is 0. The van der Waals surface area contributed by atoms with Crippen LogP contribution in [0.1, 0.15) is 44.1 Å². The van der Waals surface area contributed by atoms with Gasteiger partial charge in [-0.05, 0) is 44.2 Å². The first kappa shape index (κ1) is 16.0. The fraction of sp³-hybridized carbons (Fsp3) is 0.529. The predicted molar refractivity (Wildman–Crippen MR) is 79.8 cm³/mol. The van der Waals surface area contributed by atoms with Crippen LogP contribution in [0.5, 0.6) is 0 Å². The summed E-state index contributed by atoms with van der Waals surface area (Å²) in [5.74, 6) is -0.225. The molecule has 0 saturated heterocycles. The van der Waals surface area contributed by atoms with E-state index in [-0.39, 0.29) is 17.5 Å². The van der Waals surface area contributed by atoms with E-state index >= 15 is 0 Å². The van der Waals surface area contributed by atoms with E-state index in [0.717, 1.165) is 25.0 Å². The average Bonchev–Trinajstić information content (AvgIpc) is 2.42. The van der Waals surface area contributed by atoms with Gasteiger partial charge in [0.1, 0.15) is 11.6 Å². The minimum atomic E-state index is -0.500. The third kappa shape index (κ3) is 3.82. The van der Waals surface area contributed by atoms with Crippen molar-refractivity contribution < 1.29 is 13.5 Å². The highest BCUT2D eigenvalue weighted by molar-refractivity contribution is 5.26. The van der Waals surface area contributed by atoms with Crippen LogP contribution in [0.2, 0.25) is 0 Å². The summed E-state index contributed by atoms with van der Waals surface area (Å²) in [6.07, 6.45) is 3.11. The Bertz CT molecular complexity index is 483. The Kier molecular flexibility index (Phi) is 5.34. The van der Waals surface area contributed by atoms with Crippen LogP contribution in [0.4, 0.5) is 8.78 Å². The lowest BCUT2D eigenvalue weighted by Gasteiger charge is -2.35. The molecule has 0 spiro atoms. The second-order valence-electron chi connectivity index (χ2n) is 5.76. The van der Waals surface area contributed by atoms with Gasteiger partial charge in [0, 0.05) is 23.9 Å². The Balaban J connectivity index is 2.13. The van der Waals surface area contributed by atoms with E-state index in [4.69, 9.17) is 10.5 Å². The number of allylic oxidation sites excluding steroid dienone is 1. The van der Waals surface area contributed by atoms with E-state index in [1.165, 1.54) is 18.2 Å². The van der Waals surface area contributed by atoms with Crippen molar-refractivity contribution in [2.24, 2.45) is 11.7 Å². The Morgan fingerprint density at radius 2 is 2.00 bits per heavy atom. The van der Waals surface area contributed by atoms with E-state index in [9.17, 15) is 8.78 Å². The molecule has 1 aromatic rings. The number of rotatable bonds is 5. The quantitative estimate of drug-likeness (QED) is 0.829. The molecule has 0 aromatic heterocycles. The smallest absolute Gasteiger partial charge is 0.129 e. The Morgan fingerprint density at radius 1 is 1.33 bits per heavy atom. The molecule has 2 N–H and O–H groups in total. The Labute approximate surface area is 125 Å². The summed E-state index contributed by atoms with van der Waals surface area (Å²) in [7, 11) is 0. The van der Waals surface area contributed by atoms with Crippen LogP contribution in [-0.4, -0.2) is 12.6 Å². The Morgan fingerprint density at radius 3 is 2.62 bits per heavy atom. The van der Waals surface area contributed by atoms with Crippen LogP contribution in [0.3, 0.4) is 0 Å². The molecule has 0 aliphatic heterocycles. The number of hydrogen-bond acceptors (Lipinski definition) is 2. The minimum absolute atomic E-state index is 0.136. The zero-order chi connectivity index (χ0) is 15.4. The summed E-state index contributed by atoms with van der Waals surface area (Å²) in [4.78, 5) is 0. The molecule has 21 heavy (non-hydrogen) atoms. The van der Waals surface area contributed by atoms with E-state index in [0.29, 0.717) is 18.9 Å². The second-order valence-corrected chi connectivity index (χ2v) is 5.76. The van der Waals surface area contributed by atoms with Gasteiger partial charge in [0.15, 0.2) is 0 Å². The van der Waals surface area contributed by atoms with Gasteiger partial charge in [-0.3, -0.25) is 0 Å². The molecule has 0 unspecified atom stereocenters. The zero-order valence-electron chi connectivity index (χ0n) is 12.4. The minimum Gasteiger partial charge on any atom is -0.499 e. The van der Waals surface area contributed by atoms with E-state index < -0.39 is 11.6 Å². The lowest BCUT2D eigenvalue weighted by Crippen LogP contribution is -2.35. The lowest BCUT2D eigenvalue weighted by molar-refractivity contribution is 0.188. The van der Waals surface area contributed by atoms with Gasteiger partial charge < -0.3 is 10.5 Å². The van der Waals surface area contributed by atoms with Crippen molar-refractivity contribution in [3.63, 3.8) is 0 Å². The second kappa shape index (κ2) is 7.03. The summed E-state index contributed by atoms with van der Waals surface area (Å²) in [6.45, 7) is 6.40. The zero-order valence-corrected chi connectivity index (χ0v) is 12.4. The molecule has 0 radical (unpaired) electrons. The van der Waals surface area contributed by atoms with Crippen molar-refractivity contribution in [1.82, 2.24) is 0 Å². The average molecular weight is 295 g/mol. The van der Waals surface area contributed by atoms with Gasteiger partial charge in [0.25, 0.3) is 0 Å². The normalized spacial score (nSPS) is 25.6. The molecule has 4 heteroatoms. The van der Waals surface area contributed by atoms with Gasteiger partial charge in [-0.2, -0.15) is 0 Å². The van der Waals surface area contributed by atoms with Crippen molar-refractivity contribution in [2.45, 2.75) is 44.6 Å². The maximum Gasteiger partial charge on any atom is 0.129 e. The van der Waals surface area contributed by atoms with Crippen LogP contribution in [0.25, 0.3) is 0 Å². The predicted octanol–water partition coefficient (Wildman–Crippen LogP) is 4.12. The SMILES string of the molecule is C=C(C[C@@H]1CC[C@@H](N)[C@H](c2c(F)cccc2F)C1)OCC. The van der Waals surface area contributed by atoms with Gasteiger partial charge in [-0.15, -0.1) is 0 Å². The number of nitrogens with two attached hydrogens (primary N) is 1. The molecule has 2 nitrogen and oxygen atoms in total. The molecule has 1 fully saturated rings. The van der Waals surface area contributed by atoms with Crippen LogP contribution in [-0.2, 0) is 4.74 Å². The maximum absolute atomic E-state index is 14.0. The molecular formula is C17H23F2NO. The van der Waals surface area contributed by atoms with E-state index in [2.05, 4.69) is 6.58 Å². The number of halogens is 2. The van der Waals surface area contributed by atoms with Crippen LogP contribution >= 0.6 is 0 Å². The molecule has 0 amide bonds. The van der Waals surface area contributed by atoms with Gasteiger partial charge in [-0.1, -0.05) is 12.6 Å². The molecule has 1 saturated carbocycles. The molecule has 3 atom stereocenters. The van der Waals surface area contributed by atoms with Crippen LogP contribution in [0, 0.1) is 17.6 Å². The van der Waals surface area contributed by atoms with Crippen LogP contribution in [0.15, 0.2) is 30.5 Å². The number of hydrogen-bond donors (Lipinski definition) is 1. The molecule has 0 heterocycles. The summed E-state index contributed by atoms with van der Waals surface area (Å²) < 4.78 is 33.3. The summed E-state index contributed by atoms with van der Waals surface area (Å²) in [5, 5.41) is 0. The van der Waals surface area contributed by atoms with E-state index in [1.54, 1.807) is 0 Å². The summed E-state index contributed by atoms with van der Waals surface area (Å²) in [5.41, 5.74) is 6.25. The van der Waals surface area contributed by atoms with Gasteiger partial charge in [0.05, 0.1) is 12.4 Å². The monoisotopic (exact) mass is 295 g/mol. The molecular weight excluding hydrogens is 272 g/mol. The van der Waals surface area contributed by atoms with E-state index in [1.807, 2.05) is 6.92 Å². The molecule has 1 aromatic carbocycles. The highest BCUT2D eigenvalue weighted by Crippen LogP contribution is 2.39. The van der Waals surface area contributed by atoms with Crippen LogP contribution < -0.4 is 5.73 Å². The molecule has 116 valence electrons. The van der Waals surface area contributed by atoms with Gasteiger partial charge in [0.2, 0.25) is 0 Å². The molecule has 1 aliphatic rings. The first-order valence-electron chi connectivity index (χ1n) is 7.53. The first-order chi connectivity index (χ1) is 10.0. The largest absolute Gasteiger partial charge is 0.499 e. The van der Waals surface area contributed by atoms with Crippen molar-refractivity contribution in [2.75, 3.05) is 6.61 Å². The fourth-order valence-electron chi connectivity index (χ4n) is 3.25. The van der Waals surface area contributed by atoms with Crippen molar-refractivity contribution in [3.8, 4) is 0 Å². The maximum atomic E-state index is 14.0. The third-order valence-electron chi connectivity index (χ3n) is 4.25. The lowest BCUT2D eigenvalue weighted by atomic mass is 9.73. The van der Waals surface area contributed by atoms with Gasteiger partial charge >= 0.3 is 0 Å². The fourth-order valence-corrected chi connectivity index (χ4v) is 3.25.